The molecule has 13 heavy (non-hydrogen) atoms. The smallest absolute Gasteiger partial charge is 0.102 e. The molecule has 2 N–H and O–H groups in total. The molecule has 4 nitrogen and oxygen atoms in total. The number of nitrogens with one attached hydrogen (secondary N) is 2. The van der Waals surface area contributed by atoms with Crippen LogP contribution in [0.4, 0.5) is 0 Å². The lowest BCUT2D eigenvalue weighted by Gasteiger charge is -2.21. The van der Waals surface area contributed by atoms with Crippen LogP contribution >= 0.6 is 0 Å². The van der Waals surface area contributed by atoms with E-state index in [0.29, 0.717) is 0 Å². The highest BCUT2D eigenvalue weighted by Crippen LogP contribution is 1.83. The average molecular weight is 182 g/mol. The molecule has 4 heteroatoms. The highest BCUT2D eigenvalue weighted by molar-refractivity contribution is 4.80. The minimum atomic E-state index is 0.968. The van der Waals surface area contributed by atoms with Crippen molar-refractivity contribution in [2.24, 2.45) is 0 Å². The molecular weight excluding hydrogens is 164 g/mol. The predicted octanol–water partition coefficient (Wildman–Crippen LogP) is 0.240. The van der Waals surface area contributed by atoms with E-state index in [2.05, 4.69) is 27.2 Å². The Kier molecular flexibility index (Phi) is 4.49. The molecular formula is C9H18N4. The van der Waals surface area contributed by atoms with Gasteiger partial charge in [0.15, 0.2) is 0 Å². The van der Waals surface area contributed by atoms with E-state index >= 15 is 0 Å². The van der Waals surface area contributed by atoms with Crippen LogP contribution in [0, 0.1) is 6.92 Å². The number of hydrogen-bond acceptors (Lipinski definition) is 3. The van der Waals surface area contributed by atoms with Crippen LogP contribution in [0.25, 0.3) is 0 Å². The van der Waals surface area contributed by atoms with Gasteiger partial charge < -0.3 is 15.2 Å². The van der Waals surface area contributed by atoms with Gasteiger partial charge in [-0.2, -0.15) is 0 Å². The van der Waals surface area contributed by atoms with Crippen molar-refractivity contribution in [2.75, 3.05) is 33.2 Å². The second-order valence-electron chi connectivity index (χ2n) is 3.23. The number of nitrogens with zero attached hydrogens (tertiary/aromatic N) is 2. The van der Waals surface area contributed by atoms with E-state index in [1.165, 1.54) is 13.1 Å². The zero-order chi connectivity index (χ0) is 9.52. The van der Waals surface area contributed by atoms with Crippen LogP contribution < -0.4 is 5.32 Å². The summed E-state index contributed by atoms with van der Waals surface area (Å²) in [6.07, 6.45) is 3.53. The molecule has 0 unspecified atom stereocenters. The quantitative estimate of drug-likeness (QED) is 0.604. The van der Waals surface area contributed by atoms with Gasteiger partial charge in [0, 0.05) is 38.6 Å². The Morgan fingerprint density at radius 1 is 1.38 bits per heavy atom. The van der Waals surface area contributed by atoms with E-state index in [-0.39, 0.29) is 0 Å². The Bertz CT molecular complexity index is 201. The highest BCUT2D eigenvalue weighted by Gasteiger charge is 2.01. The minimum Gasteiger partial charge on any atom is -0.349 e. The van der Waals surface area contributed by atoms with Crippen LogP contribution in [-0.2, 0) is 0 Å². The molecule has 1 aliphatic heterocycles. The van der Waals surface area contributed by atoms with E-state index in [1.807, 2.05) is 6.92 Å². The van der Waals surface area contributed by atoms with E-state index in [0.717, 1.165) is 18.9 Å². The Morgan fingerprint density at radius 2 is 2.08 bits per heavy atom. The molecule has 0 atom stereocenters. The van der Waals surface area contributed by atoms with Gasteiger partial charge in [-0.05, 0) is 14.0 Å². The number of rotatable bonds is 0. The number of aromatic amines is 1. The number of piperazine rings is 1. The largest absolute Gasteiger partial charge is 0.349 e. The lowest BCUT2D eigenvalue weighted by molar-refractivity contribution is 0.291. The summed E-state index contributed by atoms with van der Waals surface area (Å²) in [6, 6.07) is 0. The highest BCUT2D eigenvalue weighted by atomic mass is 15.2. The van der Waals surface area contributed by atoms with Gasteiger partial charge in [0.25, 0.3) is 0 Å². The number of hydrogen-bond donors (Lipinski definition) is 2. The number of imidazole rings is 1. The summed E-state index contributed by atoms with van der Waals surface area (Å²) >= 11 is 0. The topological polar surface area (TPSA) is 44.0 Å². The van der Waals surface area contributed by atoms with E-state index in [1.54, 1.807) is 12.4 Å². The normalized spacial score (nSPS) is 17.7. The number of H-pyrrole nitrogens is 1. The first-order valence-corrected chi connectivity index (χ1v) is 4.64. The van der Waals surface area contributed by atoms with Crippen LogP contribution in [0.1, 0.15) is 5.82 Å². The lowest BCUT2D eigenvalue weighted by Crippen LogP contribution is -2.40. The number of likely N-dealkylation sites (N-methyl/N-ethyl adjacent to an activating group) is 1. The average Bonchev–Trinajstić information content (AvgIpc) is 2.58. The van der Waals surface area contributed by atoms with Crippen LogP contribution in [0.15, 0.2) is 12.4 Å². The standard InChI is InChI=1S/C5H12N2.C4H6N2/c1-7-4-2-6-3-5-7;1-4-5-2-3-6-4/h6H,2-5H2,1H3;2-3H,1H3,(H,5,6). The van der Waals surface area contributed by atoms with Gasteiger partial charge in [0.1, 0.15) is 5.82 Å². The van der Waals surface area contributed by atoms with Crippen molar-refractivity contribution in [3.05, 3.63) is 18.2 Å². The van der Waals surface area contributed by atoms with E-state index in [4.69, 9.17) is 0 Å². The third-order valence-corrected chi connectivity index (χ3v) is 1.98. The Labute approximate surface area is 79.4 Å². The molecule has 0 spiro atoms. The molecule has 0 bridgehead atoms. The second-order valence-corrected chi connectivity index (χ2v) is 3.23. The Morgan fingerprint density at radius 3 is 2.31 bits per heavy atom. The van der Waals surface area contributed by atoms with Crippen LogP contribution in [0.3, 0.4) is 0 Å². The molecule has 1 aromatic heterocycles. The van der Waals surface area contributed by atoms with Gasteiger partial charge in [-0.15, -0.1) is 0 Å². The number of aromatic nitrogens is 2. The molecule has 0 aromatic carbocycles. The molecule has 0 radical (unpaired) electrons. The molecule has 1 saturated heterocycles. The van der Waals surface area contributed by atoms with Gasteiger partial charge in [-0.25, -0.2) is 4.98 Å². The lowest BCUT2D eigenvalue weighted by atomic mass is 10.4. The van der Waals surface area contributed by atoms with Crippen molar-refractivity contribution < 1.29 is 0 Å². The third kappa shape index (κ3) is 4.65. The second kappa shape index (κ2) is 5.72. The fourth-order valence-corrected chi connectivity index (χ4v) is 1.12. The zero-order valence-corrected chi connectivity index (χ0v) is 8.38. The van der Waals surface area contributed by atoms with Gasteiger partial charge in [0.05, 0.1) is 0 Å². The third-order valence-electron chi connectivity index (χ3n) is 1.98. The van der Waals surface area contributed by atoms with E-state index in [9.17, 15) is 0 Å². The predicted molar refractivity (Wildman–Crippen MR) is 53.7 cm³/mol. The fraction of sp³-hybridized carbons (Fsp3) is 0.667. The van der Waals surface area contributed by atoms with Crippen molar-refractivity contribution in [1.82, 2.24) is 20.2 Å². The summed E-state index contributed by atoms with van der Waals surface area (Å²) in [4.78, 5) is 9.08. The molecule has 0 amide bonds. The van der Waals surface area contributed by atoms with Crippen molar-refractivity contribution >= 4 is 0 Å². The fourth-order valence-electron chi connectivity index (χ4n) is 1.12. The van der Waals surface area contributed by atoms with Crippen molar-refractivity contribution in [3.8, 4) is 0 Å². The molecule has 1 fully saturated rings. The molecule has 1 aliphatic rings. The monoisotopic (exact) mass is 182 g/mol. The van der Waals surface area contributed by atoms with Crippen LogP contribution in [0.2, 0.25) is 0 Å². The van der Waals surface area contributed by atoms with Gasteiger partial charge >= 0.3 is 0 Å². The maximum Gasteiger partial charge on any atom is 0.102 e. The first kappa shape index (κ1) is 10.2. The summed E-state index contributed by atoms with van der Waals surface area (Å²) in [5.74, 6) is 0.968. The van der Waals surface area contributed by atoms with Crippen molar-refractivity contribution in [2.45, 2.75) is 6.92 Å². The molecule has 2 rings (SSSR count). The van der Waals surface area contributed by atoms with Crippen LogP contribution in [0.5, 0.6) is 0 Å². The number of aryl methyl sites for hydroxylation is 1. The Hall–Kier alpha value is -0.870. The summed E-state index contributed by atoms with van der Waals surface area (Å²) in [7, 11) is 2.15. The SMILES string of the molecule is CN1CCNCC1.Cc1ncc[nH]1. The first-order valence-electron chi connectivity index (χ1n) is 4.64. The summed E-state index contributed by atoms with van der Waals surface area (Å²) < 4.78 is 0. The van der Waals surface area contributed by atoms with Crippen molar-refractivity contribution in [1.29, 1.82) is 0 Å². The van der Waals surface area contributed by atoms with Gasteiger partial charge in [-0.3, -0.25) is 0 Å². The molecule has 1 aromatic rings. The summed E-state index contributed by atoms with van der Waals surface area (Å²) in [6.45, 7) is 6.66. The maximum atomic E-state index is 3.86. The minimum absolute atomic E-state index is 0.968. The molecule has 0 aliphatic carbocycles. The van der Waals surface area contributed by atoms with E-state index < -0.39 is 0 Å². The Balaban J connectivity index is 0.000000132. The van der Waals surface area contributed by atoms with Gasteiger partial charge in [-0.1, -0.05) is 0 Å². The molecule has 74 valence electrons. The molecule has 2 heterocycles. The summed E-state index contributed by atoms with van der Waals surface area (Å²) in [5, 5.41) is 3.27. The first-order chi connectivity index (χ1) is 6.29. The van der Waals surface area contributed by atoms with Crippen molar-refractivity contribution in [3.63, 3.8) is 0 Å². The van der Waals surface area contributed by atoms with Crippen LogP contribution in [-0.4, -0.2) is 48.1 Å². The molecule has 0 saturated carbocycles. The van der Waals surface area contributed by atoms with Gasteiger partial charge in [0.2, 0.25) is 0 Å². The zero-order valence-electron chi connectivity index (χ0n) is 8.38. The maximum absolute atomic E-state index is 3.86. The summed E-state index contributed by atoms with van der Waals surface area (Å²) in [5.41, 5.74) is 0.